The third-order valence-corrected chi connectivity index (χ3v) is 4.77. The molecule has 3 rings (SSSR count). The first-order valence-electron chi connectivity index (χ1n) is 9.41. The minimum atomic E-state index is -0.553. The van der Waals surface area contributed by atoms with Crippen LogP contribution in [0.3, 0.4) is 0 Å². The smallest absolute Gasteiger partial charge is 0.263 e. The van der Waals surface area contributed by atoms with E-state index in [4.69, 9.17) is 4.74 Å². The maximum absolute atomic E-state index is 12.8. The number of benzene rings is 2. The maximum Gasteiger partial charge on any atom is 0.263 e. The summed E-state index contributed by atoms with van der Waals surface area (Å²) >= 11 is 0. The SMILES string of the molecule is Cc1cccc(OC(C)C(=O)N2CCCN(C(=O)c3ccccc3)CC2)c1. The molecule has 0 saturated carbocycles. The molecule has 5 heteroatoms. The number of nitrogens with zero attached hydrogens (tertiary/aromatic N) is 2. The van der Waals surface area contributed by atoms with Crippen LogP contribution in [-0.4, -0.2) is 53.9 Å². The number of aryl methyl sites for hydroxylation is 1. The van der Waals surface area contributed by atoms with Crippen molar-refractivity contribution in [2.45, 2.75) is 26.4 Å². The van der Waals surface area contributed by atoms with Gasteiger partial charge in [-0.1, -0.05) is 30.3 Å². The van der Waals surface area contributed by atoms with Gasteiger partial charge in [0.25, 0.3) is 11.8 Å². The minimum absolute atomic E-state index is 0.0222. The van der Waals surface area contributed by atoms with Crippen LogP contribution >= 0.6 is 0 Å². The van der Waals surface area contributed by atoms with E-state index in [1.54, 1.807) is 11.8 Å². The Morgan fingerprint density at radius 1 is 0.926 bits per heavy atom. The average Bonchev–Trinajstić information content (AvgIpc) is 2.93. The molecule has 1 heterocycles. The summed E-state index contributed by atoms with van der Waals surface area (Å²) < 4.78 is 5.82. The lowest BCUT2D eigenvalue weighted by molar-refractivity contribution is -0.137. The van der Waals surface area contributed by atoms with Crippen molar-refractivity contribution < 1.29 is 14.3 Å². The van der Waals surface area contributed by atoms with Crippen molar-refractivity contribution in [3.63, 3.8) is 0 Å². The Morgan fingerprint density at radius 3 is 2.37 bits per heavy atom. The van der Waals surface area contributed by atoms with Gasteiger partial charge in [-0.2, -0.15) is 0 Å². The zero-order valence-corrected chi connectivity index (χ0v) is 15.9. The van der Waals surface area contributed by atoms with Crippen LogP contribution in [0.2, 0.25) is 0 Å². The van der Waals surface area contributed by atoms with Crippen LogP contribution in [-0.2, 0) is 4.79 Å². The summed E-state index contributed by atoms with van der Waals surface area (Å²) in [6, 6.07) is 17.0. The predicted molar refractivity (Wildman–Crippen MR) is 105 cm³/mol. The van der Waals surface area contributed by atoms with Crippen molar-refractivity contribution in [3.05, 3.63) is 65.7 Å². The third kappa shape index (κ3) is 4.88. The fourth-order valence-corrected chi connectivity index (χ4v) is 3.30. The van der Waals surface area contributed by atoms with Crippen molar-refractivity contribution in [1.82, 2.24) is 9.80 Å². The Kier molecular flexibility index (Phi) is 6.12. The largest absolute Gasteiger partial charge is 0.481 e. The van der Waals surface area contributed by atoms with Crippen molar-refractivity contribution in [2.24, 2.45) is 0 Å². The molecule has 0 N–H and O–H groups in total. The van der Waals surface area contributed by atoms with Gasteiger partial charge in [-0.25, -0.2) is 0 Å². The summed E-state index contributed by atoms with van der Waals surface area (Å²) in [5.41, 5.74) is 1.78. The molecule has 0 aromatic heterocycles. The van der Waals surface area contributed by atoms with E-state index in [0.717, 1.165) is 12.0 Å². The van der Waals surface area contributed by atoms with Gasteiger partial charge in [0.05, 0.1) is 0 Å². The number of hydrogen-bond donors (Lipinski definition) is 0. The van der Waals surface area contributed by atoms with Crippen LogP contribution in [0.25, 0.3) is 0 Å². The van der Waals surface area contributed by atoms with Crippen LogP contribution in [0, 0.1) is 6.92 Å². The van der Waals surface area contributed by atoms with E-state index in [1.807, 2.05) is 66.4 Å². The van der Waals surface area contributed by atoms with E-state index in [0.29, 0.717) is 37.5 Å². The highest BCUT2D eigenvalue weighted by molar-refractivity contribution is 5.94. The van der Waals surface area contributed by atoms with Gasteiger partial charge in [-0.05, 0) is 50.1 Å². The lowest BCUT2D eigenvalue weighted by atomic mass is 10.2. The highest BCUT2D eigenvalue weighted by Crippen LogP contribution is 2.16. The summed E-state index contributed by atoms with van der Waals surface area (Å²) in [5, 5.41) is 0. The molecular formula is C22H26N2O3. The van der Waals surface area contributed by atoms with Gasteiger partial charge in [0.2, 0.25) is 0 Å². The number of ether oxygens (including phenoxy) is 1. The highest BCUT2D eigenvalue weighted by Gasteiger charge is 2.26. The summed E-state index contributed by atoms with van der Waals surface area (Å²) in [6.07, 6.45) is 0.213. The van der Waals surface area contributed by atoms with E-state index < -0.39 is 6.10 Å². The Bertz CT molecular complexity index is 791. The Balaban J connectivity index is 1.58. The fraction of sp³-hybridized carbons (Fsp3) is 0.364. The maximum atomic E-state index is 12.8. The van der Waals surface area contributed by atoms with Gasteiger partial charge in [0.1, 0.15) is 5.75 Å². The average molecular weight is 366 g/mol. The van der Waals surface area contributed by atoms with Gasteiger partial charge < -0.3 is 14.5 Å². The van der Waals surface area contributed by atoms with Crippen LogP contribution in [0.15, 0.2) is 54.6 Å². The molecular weight excluding hydrogens is 340 g/mol. The topological polar surface area (TPSA) is 49.9 Å². The molecule has 0 bridgehead atoms. The first-order valence-corrected chi connectivity index (χ1v) is 9.41. The summed E-state index contributed by atoms with van der Waals surface area (Å²) in [5.74, 6) is 0.686. The zero-order valence-electron chi connectivity index (χ0n) is 15.9. The summed E-state index contributed by atoms with van der Waals surface area (Å²) in [7, 11) is 0. The van der Waals surface area contributed by atoms with Gasteiger partial charge >= 0.3 is 0 Å². The number of hydrogen-bond acceptors (Lipinski definition) is 3. The first kappa shape index (κ1) is 19.0. The second kappa shape index (κ2) is 8.71. The zero-order chi connectivity index (χ0) is 19.2. The molecule has 2 aromatic carbocycles. The van der Waals surface area contributed by atoms with Crippen LogP contribution < -0.4 is 4.74 Å². The molecule has 0 aliphatic carbocycles. The van der Waals surface area contributed by atoms with E-state index in [9.17, 15) is 9.59 Å². The first-order chi connectivity index (χ1) is 13.0. The second-order valence-electron chi connectivity index (χ2n) is 6.91. The number of carbonyl (C=O) groups is 2. The van der Waals surface area contributed by atoms with E-state index in [-0.39, 0.29) is 11.8 Å². The van der Waals surface area contributed by atoms with Crippen molar-refractivity contribution >= 4 is 11.8 Å². The predicted octanol–water partition coefficient (Wildman–Crippen LogP) is 3.14. The van der Waals surface area contributed by atoms with E-state index in [2.05, 4.69) is 0 Å². The fourth-order valence-electron chi connectivity index (χ4n) is 3.30. The number of carbonyl (C=O) groups excluding carboxylic acids is 2. The minimum Gasteiger partial charge on any atom is -0.481 e. The number of amides is 2. The summed E-state index contributed by atoms with van der Waals surface area (Å²) in [6.45, 7) is 6.13. The number of rotatable bonds is 4. The second-order valence-corrected chi connectivity index (χ2v) is 6.91. The van der Waals surface area contributed by atoms with Gasteiger partial charge in [-0.3, -0.25) is 9.59 Å². The van der Waals surface area contributed by atoms with Gasteiger partial charge in [-0.15, -0.1) is 0 Å². The molecule has 0 spiro atoms. The Labute approximate surface area is 160 Å². The molecule has 2 amide bonds. The van der Waals surface area contributed by atoms with E-state index >= 15 is 0 Å². The molecule has 1 aliphatic rings. The Morgan fingerprint density at radius 2 is 1.63 bits per heavy atom. The molecule has 142 valence electrons. The quantitative estimate of drug-likeness (QED) is 0.835. The molecule has 27 heavy (non-hydrogen) atoms. The lowest BCUT2D eigenvalue weighted by Crippen LogP contribution is -2.43. The van der Waals surface area contributed by atoms with Crippen LogP contribution in [0.5, 0.6) is 5.75 Å². The molecule has 1 unspecified atom stereocenters. The lowest BCUT2D eigenvalue weighted by Gasteiger charge is -2.25. The summed E-state index contributed by atoms with van der Waals surface area (Å²) in [4.78, 5) is 29.1. The molecule has 5 nitrogen and oxygen atoms in total. The van der Waals surface area contributed by atoms with Crippen molar-refractivity contribution in [2.75, 3.05) is 26.2 Å². The molecule has 1 atom stereocenters. The van der Waals surface area contributed by atoms with Gasteiger partial charge in [0.15, 0.2) is 6.10 Å². The Hall–Kier alpha value is -2.82. The van der Waals surface area contributed by atoms with Crippen molar-refractivity contribution in [1.29, 1.82) is 0 Å². The molecule has 2 aromatic rings. The molecule has 1 aliphatic heterocycles. The molecule has 1 saturated heterocycles. The third-order valence-electron chi connectivity index (χ3n) is 4.77. The monoisotopic (exact) mass is 366 g/mol. The van der Waals surface area contributed by atoms with Crippen LogP contribution in [0.4, 0.5) is 0 Å². The van der Waals surface area contributed by atoms with Gasteiger partial charge in [0, 0.05) is 31.7 Å². The normalized spacial score (nSPS) is 15.8. The molecule has 0 radical (unpaired) electrons. The standard InChI is InChI=1S/C22H26N2O3/c1-17-8-6-11-20(16-17)27-18(2)21(25)23-12-7-13-24(15-14-23)22(26)19-9-4-3-5-10-19/h3-6,8-11,16,18H,7,12-15H2,1-2H3. The van der Waals surface area contributed by atoms with Crippen molar-refractivity contribution in [3.8, 4) is 5.75 Å². The van der Waals surface area contributed by atoms with E-state index in [1.165, 1.54) is 0 Å². The van der Waals surface area contributed by atoms with Crippen LogP contribution in [0.1, 0.15) is 29.3 Å². The molecule has 1 fully saturated rings. The highest BCUT2D eigenvalue weighted by atomic mass is 16.5.